The zero-order valence-electron chi connectivity index (χ0n) is 21.8. The van der Waals surface area contributed by atoms with Crippen molar-refractivity contribution in [1.29, 1.82) is 0 Å². The van der Waals surface area contributed by atoms with Gasteiger partial charge in [0.15, 0.2) is 0 Å². The van der Waals surface area contributed by atoms with Crippen LogP contribution in [0.2, 0.25) is 0 Å². The highest BCUT2D eigenvalue weighted by Crippen LogP contribution is 2.89. The largest absolute Gasteiger partial charge is 0.393 e. The van der Waals surface area contributed by atoms with Crippen molar-refractivity contribution in [2.24, 2.45) is 50.7 Å². The van der Waals surface area contributed by atoms with Gasteiger partial charge < -0.3 is 10.2 Å². The van der Waals surface area contributed by atoms with E-state index in [9.17, 15) is 10.2 Å². The molecule has 0 aliphatic heterocycles. The Bertz CT molecular complexity index is 786. The Morgan fingerprint density at radius 1 is 0.875 bits per heavy atom. The predicted octanol–water partition coefficient (Wildman–Crippen LogP) is 7.14. The Hall–Kier alpha value is -0.340. The summed E-state index contributed by atoms with van der Waals surface area (Å²) in [6.07, 6.45) is 13.7. The van der Waals surface area contributed by atoms with Crippen LogP contribution in [-0.2, 0) is 0 Å². The monoisotopic (exact) mass is 442 g/mol. The maximum atomic E-state index is 10.8. The molecule has 0 amide bonds. The summed E-state index contributed by atoms with van der Waals surface area (Å²) in [5.41, 5.74) is 3.03. The minimum Gasteiger partial charge on any atom is -0.393 e. The quantitative estimate of drug-likeness (QED) is 0.444. The second kappa shape index (κ2) is 7.09. The van der Waals surface area contributed by atoms with Crippen LogP contribution in [0.3, 0.4) is 0 Å². The Labute approximate surface area is 197 Å². The first-order chi connectivity index (χ1) is 14.9. The van der Waals surface area contributed by atoms with Gasteiger partial charge in [0, 0.05) is 0 Å². The Balaban J connectivity index is 1.39. The molecule has 2 spiro atoms. The van der Waals surface area contributed by atoms with E-state index in [1.165, 1.54) is 51.4 Å². The first kappa shape index (κ1) is 23.4. The molecule has 0 bridgehead atoms. The number of hydrogen-bond acceptors (Lipinski definition) is 2. The summed E-state index contributed by atoms with van der Waals surface area (Å²) in [6, 6.07) is 0. The molecule has 0 aromatic heterocycles. The third-order valence-corrected chi connectivity index (χ3v) is 13.3. The normalized spacial score (nSPS) is 52.8. The van der Waals surface area contributed by atoms with E-state index in [0.29, 0.717) is 27.6 Å². The Morgan fingerprint density at radius 3 is 2.22 bits per heavy atom. The smallest absolute Gasteiger partial charge is 0.0744 e. The number of rotatable bonds is 5. The van der Waals surface area contributed by atoms with Crippen LogP contribution in [0.15, 0.2) is 12.2 Å². The molecule has 5 saturated carbocycles. The third kappa shape index (κ3) is 2.72. The molecule has 5 aliphatic rings. The molecule has 0 aromatic carbocycles. The fraction of sp³-hybridized carbons (Fsp3) is 0.933. The molecule has 5 aliphatic carbocycles. The zero-order valence-corrected chi connectivity index (χ0v) is 21.8. The van der Waals surface area contributed by atoms with Crippen molar-refractivity contribution in [1.82, 2.24) is 0 Å². The number of fused-ring (bicyclic) bond motifs is 2. The number of hydrogen-bond donors (Lipinski definition) is 2. The summed E-state index contributed by atoms with van der Waals surface area (Å²) in [4.78, 5) is 0. The lowest BCUT2D eigenvalue weighted by Crippen LogP contribution is -2.57. The first-order valence-electron chi connectivity index (χ1n) is 13.9. The summed E-state index contributed by atoms with van der Waals surface area (Å²) in [7, 11) is 0. The maximum Gasteiger partial charge on any atom is 0.0744 e. The van der Waals surface area contributed by atoms with Crippen molar-refractivity contribution in [2.75, 3.05) is 0 Å². The van der Waals surface area contributed by atoms with Gasteiger partial charge in [0.1, 0.15) is 0 Å². The van der Waals surface area contributed by atoms with Gasteiger partial charge in [-0.25, -0.2) is 0 Å². The minimum absolute atomic E-state index is 0.0885. The molecule has 2 heteroatoms. The van der Waals surface area contributed by atoms with E-state index < -0.39 is 0 Å². The van der Waals surface area contributed by atoms with Crippen LogP contribution in [0.1, 0.15) is 112 Å². The summed E-state index contributed by atoms with van der Waals surface area (Å²) >= 11 is 0. The van der Waals surface area contributed by atoms with E-state index in [1.54, 1.807) is 0 Å². The lowest BCUT2D eigenvalue weighted by atomic mass is 9.41. The van der Waals surface area contributed by atoms with Crippen LogP contribution in [0, 0.1) is 50.7 Å². The fourth-order valence-corrected chi connectivity index (χ4v) is 11.2. The molecule has 0 aromatic rings. The Morgan fingerprint density at radius 2 is 1.53 bits per heavy atom. The molecule has 0 saturated heterocycles. The zero-order chi connectivity index (χ0) is 23.3. The molecule has 2 nitrogen and oxygen atoms in total. The van der Waals surface area contributed by atoms with Gasteiger partial charge in [0.2, 0.25) is 0 Å². The van der Waals surface area contributed by atoms with Crippen molar-refractivity contribution < 1.29 is 10.2 Å². The number of aliphatic hydroxyl groups is 2. The molecular formula is C30H50O2. The van der Waals surface area contributed by atoms with E-state index >= 15 is 0 Å². The average Bonchev–Trinajstić information content (AvgIpc) is 3.31. The summed E-state index contributed by atoms with van der Waals surface area (Å²) < 4.78 is 0. The van der Waals surface area contributed by atoms with Gasteiger partial charge in [-0.15, -0.1) is 0 Å². The topological polar surface area (TPSA) is 40.5 Å². The Kier molecular flexibility index (Phi) is 5.19. The van der Waals surface area contributed by atoms with Crippen LogP contribution < -0.4 is 0 Å². The van der Waals surface area contributed by atoms with Crippen LogP contribution >= 0.6 is 0 Å². The van der Waals surface area contributed by atoms with Gasteiger partial charge in [-0.2, -0.15) is 0 Å². The van der Waals surface area contributed by atoms with E-state index in [0.717, 1.165) is 42.6 Å². The van der Waals surface area contributed by atoms with E-state index in [2.05, 4.69) is 41.2 Å². The average molecular weight is 443 g/mol. The van der Waals surface area contributed by atoms with Gasteiger partial charge >= 0.3 is 0 Å². The van der Waals surface area contributed by atoms with Crippen LogP contribution in [-0.4, -0.2) is 22.4 Å². The maximum absolute atomic E-state index is 10.8. The lowest BCUT2D eigenvalue weighted by molar-refractivity contribution is -0.161. The van der Waals surface area contributed by atoms with Gasteiger partial charge in [-0.3, -0.25) is 0 Å². The van der Waals surface area contributed by atoms with Crippen molar-refractivity contribution in [2.45, 2.75) is 124 Å². The summed E-state index contributed by atoms with van der Waals surface area (Å²) in [5, 5.41) is 21.2. The first-order valence-corrected chi connectivity index (χ1v) is 13.9. The molecule has 2 N–H and O–H groups in total. The molecule has 182 valence electrons. The molecule has 10 atom stereocenters. The molecule has 5 rings (SSSR count). The van der Waals surface area contributed by atoms with Crippen LogP contribution in [0.5, 0.6) is 0 Å². The van der Waals surface area contributed by atoms with Gasteiger partial charge in [0.05, 0.1) is 12.2 Å². The third-order valence-electron chi connectivity index (χ3n) is 13.3. The molecule has 0 radical (unpaired) electrons. The van der Waals surface area contributed by atoms with Crippen LogP contribution in [0.4, 0.5) is 0 Å². The van der Waals surface area contributed by atoms with E-state index in [4.69, 9.17) is 0 Å². The molecule has 0 heterocycles. The van der Waals surface area contributed by atoms with E-state index in [-0.39, 0.29) is 17.6 Å². The lowest BCUT2D eigenvalue weighted by Gasteiger charge is -2.63. The van der Waals surface area contributed by atoms with Crippen molar-refractivity contribution in [3.05, 3.63) is 12.2 Å². The minimum atomic E-state index is -0.334. The molecule has 5 fully saturated rings. The molecule has 32 heavy (non-hydrogen) atoms. The van der Waals surface area contributed by atoms with Crippen molar-refractivity contribution >= 4 is 0 Å². The SMILES string of the molecule is C=C(C)C(O)CC[C@@H](C)[C@H]1CC[C@@]2(C)[C@@H]3CCC4C(C)(C)[C@@H](O)CC[C@@]45CC35CC[C@]12C. The number of aliphatic hydroxyl groups excluding tert-OH is 2. The fourth-order valence-electron chi connectivity index (χ4n) is 11.2. The second-order valence-electron chi connectivity index (χ2n) is 14.4. The summed E-state index contributed by atoms with van der Waals surface area (Å²) in [6.45, 7) is 18.5. The highest BCUT2D eigenvalue weighted by atomic mass is 16.3. The standard InChI is InChI=1S/C30H50O2/c1-19(2)22(31)9-8-20(3)21-12-14-28(7)24-11-10-23-26(4,5)25(32)13-15-29(23)18-30(24,29)17-16-27(21,28)6/h20-25,31-32H,1,8-18H2,2-7H3/t20-,21-,22?,23?,24+,25+,27-,28+,29-,30?/m1/s1. The highest BCUT2D eigenvalue weighted by Gasteiger charge is 2.82. The van der Waals surface area contributed by atoms with E-state index in [1.807, 2.05) is 6.92 Å². The van der Waals surface area contributed by atoms with Gasteiger partial charge in [-0.05, 0) is 128 Å². The summed E-state index contributed by atoms with van der Waals surface area (Å²) in [5.74, 6) is 3.08. The van der Waals surface area contributed by atoms with Crippen LogP contribution in [0.25, 0.3) is 0 Å². The highest BCUT2D eigenvalue weighted by molar-refractivity contribution is 5.30. The van der Waals surface area contributed by atoms with Gasteiger partial charge in [0.25, 0.3) is 0 Å². The predicted molar refractivity (Wildman–Crippen MR) is 132 cm³/mol. The molecule has 3 unspecified atom stereocenters. The van der Waals surface area contributed by atoms with Crippen molar-refractivity contribution in [3.8, 4) is 0 Å². The second-order valence-corrected chi connectivity index (χ2v) is 14.4. The van der Waals surface area contributed by atoms with Gasteiger partial charge in [-0.1, -0.05) is 46.8 Å². The molecular weight excluding hydrogens is 392 g/mol. The van der Waals surface area contributed by atoms with Crippen molar-refractivity contribution in [3.63, 3.8) is 0 Å².